The first-order valence-electron chi connectivity index (χ1n) is 20.5. The molecule has 2 unspecified atom stereocenters. The maximum atomic E-state index is 14.0. The highest BCUT2D eigenvalue weighted by Gasteiger charge is 2.58. The Morgan fingerprint density at radius 1 is 1.09 bits per heavy atom. The molecule has 3 fully saturated rings. The van der Waals surface area contributed by atoms with E-state index in [1.54, 1.807) is 22.9 Å². The summed E-state index contributed by atoms with van der Waals surface area (Å²) in [6, 6.07) is 4.63. The van der Waals surface area contributed by atoms with Crippen molar-refractivity contribution < 1.29 is 44.6 Å². The van der Waals surface area contributed by atoms with Crippen molar-refractivity contribution in [1.29, 1.82) is 0 Å². The number of methoxy groups -OCH3 is 1. The Morgan fingerprint density at radius 2 is 1.82 bits per heavy atom. The summed E-state index contributed by atoms with van der Waals surface area (Å²) in [4.78, 5) is 49.7. The van der Waals surface area contributed by atoms with E-state index in [1.807, 2.05) is 78.0 Å². The molecule has 2 aromatic heterocycles. The van der Waals surface area contributed by atoms with Gasteiger partial charge in [-0.2, -0.15) is 0 Å². The highest BCUT2D eigenvalue weighted by atomic mass is 16.7. The van der Waals surface area contributed by atoms with Crippen LogP contribution >= 0.6 is 0 Å². The third kappa shape index (κ3) is 10.2. The molecule has 320 valence electrons. The zero-order valence-electron chi connectivity index (χ0n) is 35.4. The SMILES string of the molecule is CC[C@H]1OC(=O)[C@H](C)C(=O)C[C@@H](O[C@@H]2O[C@H](C)CC(N(C)C)C2O)[C@](C)(OC)C[C@@H](C)CN[C@H](C)[C@H]2N(CCCCn3cc(-c4ccccn4)nn3)C(=O)O[C@]12C.[HH]. The highest BCUT2D eigenvalue weighted by molar-refractivity contribution is 5.99. The molecule has 3 aliphatic rings. The van der Waals surface area contributed by atoms with Crippen molar-refractivity contribution in [3.63, 3.8) is 0 Å². The van der Waals surface area contributed by atoms with Crippen LogP contribution in [0.25, 0.3) is 11.4 Å². The number of cyclic esters (lactones) is 1. The maximum absolute atomic E-state index is 14.0. The second kappa shape index (κ2) is 19.0. The number of ether oxygens (including phenoxy) is 5. The molecule has 16 heteroatoms. The van der Waals surface area contributed by atoms with Crippen LogP contribution in [0.4, 0.5) is 4.79 Å². The number of pyridine rings is 1. The zero-order valence-corrected chi connectivity index (χ0v) is 35.4. The van der Waals surface area contributed by atoms with E-state index in [0.29, 0.717) is 51.0 Å². The van der Waals surface area contributed by atoms with Gasteiger partial charge in [-0.1, -0.05) is 25.1 Å². The largest absolute Gasteiger partial charge is 0.458 e. The molecular formula is C41H67N7O9. The van der Waals surface area contributed by atoms with Gasteiger partial charge in [-0.25, -0.2) is 4.79 Å². The van der Waals surface area contributed by atoms with Gasteiger partial charge in [0.05, 0.1) is 35.7 Å². The van der Waals surface area contributed by atoms with Gasteiger partial charge in [-0.3, -0.25) is 24.2 Å². The molecule has 2 aromatic rings. The Balaban J connectivity index is 0.00000744. The normalized spacial score (nSPS) is 36.0. The van der Waals surface area contributed by atoms with Crippen molar-refractivity contribution in [2.24, 2.45) is 11.8 Å². The lowest BCUT2D eigenvalue weighted by Gasteiger charge is -2.45. The minimum absolute atomic E-state index is 0. The molecule has 16 nitrogen and oxygen atoms in total. The standard InChI is InChI=1S/C41H65N7O9.H2/c1-11-33-41(7)36(48(39(52)57-41)19-15-14-18-47-24-30(44-45-47)29-16-12-13-17-42-29)28(5)43-23-25(2)22-40(6,53-10)34(21-32(49)27(4)37(51)55-33)56-38-35(50)31(46(8)9)20-26(3)54-38;/h12-13,16-17,24-28,31,33-36,38,43,50H,11,14-15,18-23H2,1-10H3;1H/t25-,26-,27-,28-,31?,33-,34-,35?,36-,38+,40-,41-;/m1./s1. The Labute approximate surface area is 338 Å². The Morgan fingerprint density at radius 3 is 2.49 bits per heavy atom. The number of aromatic nitrogens is 4. The van der Waals surface area contributed by atoms with E-state index < -0.39 is 65.6 Å². The summed E-state index contributed by atoms with van der Waals surface area (Å²) in [6.07, 6.45) is 1.85. The molecule has 57 heavy (non-hydrogen) atoms. The van der Waals surface area contributed by atoms with Gasteiger partial charge in [0.15, 0.2) is 11.9 Å². The summed E-state index contributed by atoms with van der Waals surface area (Å²) >= 11 is 0. The Bertz CT molecular complexity index is 1650. The lowest BCUT2D eigenvalue weighted by molar-refractivity contribution is -0.289. The zero-order chi connectivity index (χ0) is 41.7. The molecule has 0 aliphatic carbocycles. The maximum Gasteiger partial charge on any atom is 0.410 e. The van der Waals surface area contributed by atoms with Crippen molar-refractivity contribution in [3.05, 3.63) is 30.6 Å². The Kier molecular flexibility index (Phi) is 14.9. The van der Waals surface area contributed by atoms with Crippen LogP contribution in [0.15, 0.2) is 30.6 Å². The molecule has 12 atom stereocenters. The first kappa shape index (κ1) is 44.6. The van der Waals surface area contributed by atoms with Crippen LogP contribution in [0.3, 0.4) is 0 Å². The summed E-state index contributed by atoms with van der Waals surface area (Å²) in [5, 5.41) is 23.5. The van der Waals surface area contributed by atoms with Crippen LogP contribution in [-0.2, 0) is 39.8 Å². The number of ketones is 1. The molecule has 3 aliphatic heterocycles. The van der Waals surface area contributed by atoms with E-state index in [-0.39, 0.29) is 32.0 Å². The third-order valence-electron chi connectivity index (χ3n) is 12.2. The first-order valence-corrected chi connectivity index (χ1v) is 20.5. The predicted octanol–water partition coefficient (Wildman–Crippen LogP) is 4.10. The highest BCUT2D eigenvalue weighted by Crippen LogP contribution is 2.39. The average Bonchev–Trinajstić information content (AvgIpc) is 3.76. The Hall–Kier alpha value is -3.54. The van der Waals surface area contributed by atoms with Crippen molar-refractivity contribution in [2.75, 3.05) is 34.3 Å². The average molecular weight is 802 g/mol. The van der Waals surface area contributed by atoms with Crippen LogP contribution < -0.4 is 5.32 Å². The monoisotopic (exact) mass is 802 g/mol. The number of amides is 1. The number of rotatable bonds is 11. The van der Waals surface area contributed by atoms with Gasteiger partial charge in [-0.15, -0.1) is 5.10 Å². The van der Waals surface area contributed by atoms with E-state index >= 15 is 0 Å². The number of aliphatic hydroxyl groups is 1. The minimum atomic E-state index is -1.22. The predicted molar refractivity (Wildman–Crippen MR) is 213 cm³/mol. The van der Waals surface area contributed by atoms with Crippen LogP contribution in [-0.4, -0.2) is 147 Å². The number of hydrogen-bond donors (Lipinski definition) is 2. The summed E-state index contributed by atoms with van der Waals surface area (Å²) in [6.45, 7) is 14.7. The number of aliphatic hydroxyl groups excluding tert-OH is 1. The van der Waals surface area contributed by atoms with E-state index in [9.17, 15) is 19.5 Å². The van der Waals surface area contributed by atoms with Gasteiger partial charge in [0.25, 0.3) is 0 Å². The number of fused-ring (bicyclic) bond motifs is 1. The van der Waals surface area contributed by atoms with Gasteiger partial charge >= 0.3 is 12.1 Å². The second-order valence-electron chi connectivity index (χ2n) is 16.9. The van der Waals surface area contributed by atoms with Crippen LogP contribution in [0.5, 0.6) is 0 Å². The van der Waals surface area contributed by atoms with Crippen LogP contribution in [0.1, 0.15) is 88.4 Å². The van der Waals surface area contributed by atoms with Crippen molar-refractivity contribution in [3.8, 4) is 11.4 Å². The number of nitrogens with one attached hydrogen (secondary N) is 1. The van der Waals surface area contributed by atoms with Gasteiger partial charge < -0.3 is 39.0 Å². The fourth-order valence-corrected chi connectivity index (χ4v) is 8.75. The molecule has 0 aromatic carbocycles. The molecule has 0 spiro atoms. The number of Topliss-reactive ketones (excluding diaryl/α,β-unsaturated/α-hetero) is 1. The van der Waals surface area contributed by atoms with Gasteiger partial charge in [-0.05, 0) is 105 Å². The molecule has 5 heterocycles. The van der Waals surface area contributed by atoms with Gasteiger partial charge in [0.1, 0.15) is 29.6 Å². The minimum Gasteiger partial charge on any atom is -0.458 e. The summed E-state index contributed by atoms with van der Waals surface area (Å²) in [5.74, 6) is -2.26. The van der Waals surface area contributed by atoms with Crippen LogP contribution in [0, 0.1) is 11.8 Å². The number of carbonyl (C=O) groups is 3. The molecular weight excluding hydrogens is 734 g/mol. The quantitative estimate of drug-likeness (QED) is 0.189. The summed E-state index contributed by atoms with van der Waals surface area (Å²) in [7, 11) is 5.38. The summed E-state index contributed by atoms with van der Waals surface area (Å²) < 4.78 is 33.0. The van der Waals surface area contributed by atoms with Crippen molar-refractivity contribution in [2.45, 2.75) is 154 Å². The van der Waals surface area contributed by atoms with E-state index in [2.05, 4.69) is 27.5 Å². The molecule has 0 saturated carbocycles. The smallest absolute Gasteiger partial charge is 0.410 e. The van der Waals surface area contributed by atoms with E-state index in [1.165, 1.54) is 6.92 Å². The molecule has 3 saturated heterocycles. The van der Waals surface area contributed by atoms with Crippen molar-refractivity contribution >= 4 is 17.8 Å². The number of aryl methyl sites for hydroxylation is 1. The summed E-state index contributed by atoms with van der Waals surface area (Å²) in [5.41, 5.74) is -0.795. The van der Waals surface area contributed by atoms with Gasteiger partial charge in [0.2, 0.25) is 0 Å². The molecule has 2 N–H and O–H groups in total. The lowest BCUT2D eigenvalue weighted by atomic mass is 9.83. The van der Waals surface area contributed by atoms with Crippen LogP contribution in [0.2, 0.25) is 0 Å². The number of unbranched alkanes of at least 4 members (excludes halogenated alkanes) is 1. The van der Waals surface area contributed by atoms with Crippen molar-refractivity contribution in [1.82, 2.24) is 35.1 Å². The lowest BCUT2D eigenvalue weighted by Crippen LogP contribution is -2.61. The topological polar surface area (TPSA) is 180 Å². The number of carbonyl (C=O) groups excluding carboxylic acids is 3. The third-order valence-corrected chi connectivity index (χ3v) is 12.2. The molecule has 0 radical (unpaired) electrons. The number of esters is 1. The van der Waals surface area contributed by atoms with E-state index in [0.717, 1.165) is 12.1 Å². The fraction of sp³-hybridized carbons (Fsp3) is 0.756. The number of hydrogen-bond acceptors (Lipinski definition) is 14. The van der Waals surface area contributed by atoms with Gasteiger partial charge in [0, 0.05) is 46.3 Å². The second-order valence-corrected chi connectivity index (χ2v) is 16.9. The molecule has 0 bridgehead atoms. The number of likely N-dealkylation sites (N-methyl/N-ethyl adjacent to an activating group) is 1. The molecule has 1 amide bonds. The van der Waals surface area contributed by atoms with E-state index in [4.69, 9.17) is 23.7 Å². The first-order chi connectivity index (χ1) is 27.0. The number of nitrogens with zero attached hydrogens (tertiary/aromatic N) is 6. The molecule has 5 rings (SSSR count). The fourth-order valence-electron chi connectivity index (χ4n) is 8.75.